The quantitative estimate of drug-likeness (QED) is 0.800. The van der Waals surface area contributed by atoms with Crippen LogP contribution in [0.25, 0.3) is 0 Å². The maximum absolute atomic E-state index is 12.0. The molecular weight excluding hydrogens is 304 g/mol. The molecular formula is C15H17ClN4O2. The maximum atomic E-state index is 12.0. The van der Waals surface area contributed by atoms with Gasteiger partial charge in [-0.15, -0.1) is 0 Å². The van der Waals surface area contributed by atoms with Gasteiger partial charge in [0.25, 0.3) is 5.91 Å². The van der Waals surface area contributed by atoms with E-state index in [9.17, 15) is 4.79 Å². The minimum Gasteiger partial charge on any atom is -0.383 e. The molecule has 0 aliphatic heterocycles. The van der Waals surface area contributed by atoms with Crippen molar-refractivity contribution >= 4 is 29.1 Å². The maximum Gasteiger partial charge on any atom is 0.270 e. The van der Waals surface area contributed by atoms with Gasteiger partial charge in [-0.2, -0.15) is 0 Å². The van der Waals surface area contributed by atoms with E-state index in [1.165, 1.54) is 0 Å². The Labute approximate surface area is 133 Å². The van der Waals surface area contributed by atoms with E-state index in [1.54, 1.807) is 26.2 Å². The molecule has 2 aromatic rings. The molecule has 1 aromatic carbocycles. The van der Waals surface area contributed by atoms with Crippen molar-refractivity contribution in [2.75, 3.05) is 25.6 Å². The van der Waals surface area contributed by atoms with E-state index in [0.717, 1.165) is 0 Å². The summed E-state index contributed by atoms with van der Waals surface area (Å²) >= 11 is 6.09. The minimum atomic E-state index is -0.273. The molecule has 0 saturated carbocycles. The molecule has 1 aromatic heterocycles. The smallest absolute Gasteiger partial charge is 0.270 e. The summed E-state index contributed by atoms with van der Waals surface area (Å²) in [5, 5.41) is 6.29. The predicted octanol–water partition coefficient (Wildman–Crippen LogP) is 2.56. The van der Waals surface area contributed by atoms with Crippen LogP contribution in [0.1, 0.15) is 16.2 Å². The Hall–Kier alpha value is -2.18. The molecule has 0 unspecified atom stereocenters. The summed E-state index contributed by atoms with van der Waals surface area (Å²) in [6.07, 6.45) is 0. The number of carbonyl (C=O) groups excluding carboxylic acids is 1. The number of methoxy groups -OCH3 is 1. The molecule has 0 aliphatic carbocycles. The molecule has 116 valence electrons. The van der Waals surface area contributed by atoms with Crippen LogP contribution in [0, 0.1) is 6.92 Å². The third-order valence-corrected chi connectivity index (χ3v) is 3.13. The molecule has 0 saturated heterocycles. The number of rotatable bonds is 6. The summed E-state index contributed by atoms with van der Waals surface area (Å²) in [6, 6.07) is 8.88. The van der Waals surface area contributed by atoms with E-state index in [4.69, 9.17) is 16.3 Å². The summed E-state index contributed by atoms with van der Waals surface area (Å²) in [4.78, 5) is 20.5. The van der Waals surface area contributed by atoms with Gasteiger partial charge in [-0.1, -0.05) is 23.7 Å². The second kappa shape index (κ2) is 7.72. The molecule has 0 fully saturated rings. The monoisotopic (exact) mass is 320 g/mol. The summed E-state index contributed by atoms with van der Waals surface area (Å²) in [6.45, 7) is 2.66. The van der Waals surface area contributed by atoms with Crippen LogP contribution in [0.2, 0.25) is 5.02 Å². The zero-order valence-corrected chi connectivity index (χ0v) is 13.1. The van der Waals surface area contributed by atoms with Crippen molar-refractivity contribution in [3.05, 3.63) is 46.7 Å². The van der Waals surface area contributed by atoms with Crippen LogP contribution in [-0.2, 0) is 4.74 Å². The number of aryl methyl sites for hydroxylation is 1. The molecule has 0 spiro atoms. The molecule has 7 heteroatoms. The van der Waals surface area contributed by atoms with Gasteiger partial charge in [-0.3, -0.25) is 4.79 Å². The first kappa shape index (κ1) is 16.2. The van der Waals surface area contributed by atoms with Crippen LogP contribution in [0.3, 0.4) is 0 Å². The van der Waals surface area contributed by atoms with Crippen LogP contribution in [-0.4, -0.2) is 36.1 Å². The van der Waals surface area contributed by atoms with Gasteiger partial charge in [-0.05, 0) is 25.1 Å². The molecule has 1 amide bonds. The molecule has 0 radical (unpaired) electrons. The van der Waals surface area contributed by atoms with Crippen molar-refractivity contribution in [3.8, 4) is 0 Å². The molecule has 0 aliphatic rings. The summed E-state index contributed by atoms with van der Waals surface area (Å²) in [5.41, 5.74) is 1.65. The number of nitrogens with zero attached hydrogens (tertiary/aromatic N) is 2. The number of nitrogens with one attached hydrogen (secondary N) is 2. The van der Waals surface area contributed by atoms with Crippen LogP contribution in [0.15, 0.2) is 30.3 Å². The third kappa shape index (κ3) is 4.41. The number of hydrogen-bond acceptors (Lipinski definition) is 5. The average Bonchev–Trinajstić information content (AvgIpc) is 2.49. The summed E-state index contributed by atoms with van der Waals surface area (Å²) in [5.74, 6) is 0.0507. The van der Waals surface area contributed by atoms with E-state index in [2.05, 4.69) is 20.6 Å². The average molecular weight is 321 g/mol. The van der Waals surface area contributed by atoms with Crippen LogP contribution in [0.5, 0.6) is 0 Å². The van der Waals surface area contributed by atoms with E-state index in [-0.39, 0.29) is 11.6 Å². The van der Waals surface area contributed by atoms with Crippen molar-refractivity contribution < 1.29 is 9.53 Å². The van der Waals surface area contributed by atoms with Crippen molar-refractivity contribution in [2.24, 2.45) is 0 Å². The van der Waals surface area contributed by atoms with Crippen LogP contribution < -0.4 is 10.6 Å². The van der Waals surface area contributed by atoms with Gasteiger partial charge in [0, 0.05) is 19.3 Å². The second-order valence-corrected chi connectivity index (χ2v) is 4.98. The van der Waals surface area contributed by atoms with Gasteiger partial charge in [0.2, 0.25) is 5.95 Å². The molecule has 22 heavy (non-hydrogen) atoms. The van der Waals surface area contributed by atoms with Gasteiger partial charge in [-0.25, -0.2) is 9.97 Å². The fraction of sp³-hybridized carbons (Fsp3) is 0.267. The van der Waals surface area contributed by atoms with Crippen molar-refractivity contribution in [3.63, 3.8) is 0 Å². The van der Waals surface area contributed by atoms with Gasteiger partial charge in [0.05, 0.1) is 17.3 Å². The van der Waals surface area contributed by atoms with Gasteiger partial charge in [0.15, 0.2) is 0 Å². The Morgan fingerprint density at radius 1 is 1.32 bits per heavy atom. The standard InChI is InChI=1S/C15H17ClN4O2/c1-10-9-13(14(21)17-7-8-22-2)20-15(18-10)19-12-6-4-3-5-11(12)16/h3-6,9H,7-8H2,1-2H3,(H,17,21)(H,18,19,20). The van der Waals surface area contributed by atoms with Gasteiger partial charge in [0.1, 0.15) is 5.69 Å². The fourth-order valence-corrected chi connectivity index (χ4v) is 1.96. The Morgan fingerprint density at radius 2 is 2.09 bits per heavy atom. The number of amides is 1. The first-order valence-corrected chi connectivity index (χ1v) is 7.12. The highest BCUT2D eigenvalue weighted by molar-refractivity contribution is 6.33. The highest BCUT2D eigenvalue weighted by atomic mass is 35.5. The molecule has 0 bridgehead atoms. The van der Waals surface area contributed by atoms with Crippen molar-refractivity contribution in [2.45, 2.75) is 6.92 Å². The highest BCUT2D eigenvalue weighted by Gasteiger charge is 2.11. The summed E-state index contributed by atoms with van der Waals surface area (Å²) < 4.78 is 4.89. The van der Waals surface area contributed by atoms with Crippen LogP contribution in [0.4, 0.5) is 11.6 Å². The Morgan fingerprint density at radius 3 is 2.82 bits per heavy atom. The van der Waals surface area contributed by atoms with E-state index >= 15 is 0 Å². The zero-order valence-electron chi connectivity index (χ0n) is 12.4. The van der Waals surface area contributed by atoms with Crippen LogP contribution >= 0.6 is 11.6 Å². The lowest BCUT2D eigenvalue weighted by atomic mass is 10.3. The number of carbonyl (C=O) groups is 1. The third-order valence-electron chi connectivity index (χ3n) is 2.80. The molecule has 2 rings (SSSR count). The Kier molecular flexibility index (Phi) is 5.68. The van der Waals surface area contributed by atoms with Crippen molar-refractivity contribution in [1.82, 2.24) is 15.3 Å². The lowest BCUT2D eigenvalue weighted by Gasteiger charge is -2.09. The normalized spacial score (nSPS) is 10.3. The predicted molar refractivity (Wildman–Crippen MR) is 85.7 cm³/mol. The van der Waals surface area contributed by atoms with E-state index in [1.807, 2.05) is 18.2 Å². The number of hydrogen-bond donors (Lipinski definition) is 2. The topological polar surface area (TPSA) is 76.1 Å². The number of aromatic nitrogens is 2. The SMILES string of the molecule is COCCNC(=O)c1cc(C)nc(Nc2ccccc2Cl)n1. The molecule has 1 heterocycles. The second-order valence-electron chi connectivity index (χ2n) is 4.57. The Balaban J connectivity index is 2.16. The lowest BCUT2D eigenvalue weighted by molar-refractivity contribution is 0.0932. The highest BCUT2D eigenvalue weighted by Crippen LogP contribution is 2.23. The minimum absolute atomic E-state index is 0.273. The number of ether oxygens (including phenoxy) is 1. The van der Waals surface area contributed by atoms with Gasteiger partial charge >= 0.3 is 0 Å². The summed E-state index contributed by atoms with van der Waals surface area (Å²) in [7, 11) is 1.58. The lowest BCUT2D eigenvalue weighted by Crippen LogP contribution is -2.28. The first-order chi connectivity index (χ1) is 10.6. The number of halogens is 1. The van der Waals surface area contributed by atoms with Gasteiger partial charge < -0.3 is 15.4 Å². The Bertz CT molecular complexity index is 664. The first-order valence-electron chi connectivity index (χ1n) is 6.74. The number of benzene rings is 1. The fourth-order valence-electron chi connectivity index (χ4n) is 1.78. The molecule has 2 N–H and O–H groups in total. The largest absolute Gasteiger partial charge is 0.383 e. The molecule has 0 atom stereocenters. The molecule has 6 nitrogen and oxygen atoms in total. The zero-order chi connectivity index (χ0) is 15.9. The number of para-hydroxylation sites is 1. The van der Waals surface area contributed by atoms with E-state index < -0.39 is 0 Å². The van der Waals surface area contributed by atoms with E-state index in [0.29, 0.717) is 35.5 Å². The van der Waals surface area contributed by atoms with Crippen molar-refractivity contribution in [1.29, 1.82) is 0 Å². The number of anilines is 2.